The smallest absolute Gasteiger partial charge is 0.270 e. The van der Waals surface area contributed by atoms with Crippen LogP contribution in [0.4, 0.5) is 0 Å². The molecular formula is C13H13ClN2OS. The van der Waals surface area contributed by atoms with Crippen LogP contribution >= 0.6 is 22.9 Å². The van der Waals surface area contributed by atoms with Crippen LogP contribution in [0.3, 0.4) is 0 Å². The summed E-state index contributed by atoms with van der Waals surface area (Å²) >= 11 is 7.52. The highest BCUT2D eigenvalue weighted by Gasteiger charge is 2.31. The normalized spacial score (nSPS) is 19.4. The fourth-order valence-electron chi connectivity index (χ4n) is 2.47. The number of thiophene rings is 1. The zero-order valence-electron chi connectivity index (χ0n) is 9.73. The van der Waals surface area contributed by atoms with Crippen molar-refractivity contribution >= 4 is 28.8 Å². The molecule has 3 heterocycles. The van der Waals surface area contributed by atoms with Crippen molar-refractivity contribution < 1.29 is 4.79 Å². The van der Waals surface area contributed by atoms with E-state index in [2.05, 4.69) is 21.8 Å². The van der Waals surface area contributed by atoms with Gasteiger partial charge >= 0.3 is 0 Å². The first-order chi connectivity index (χ1) is 8.75. The van der Waals surface area contributed by atoms with Gasteiger partial charge in [0.25, 0.3) is 5.91 Å². The molecule has 3 nitrogen and oxygen atoms in total. The van der Waals surface area contributed by atoms with Crippen molar-refractivity contribution in [1.29, 1.82) is 0 Å². The summed E-state index contributed by atoms with van der Waals surface area (Å²) in [5, 5.41) is 4.75. The minimum absolute atomic E-state index is 0.0376. The number of carbonyl (C=O) groups excluding carboxylic acids is 1. The molecule has 18 heavy (non-hydrogen) atoms. The Balaban J connectivity index is 1.85. The van der Waals surface area contributed by atoms with E-state index in [1.54, 1.807) is 23.6 Å². The van der Waals surface area contributed by atoms with Crippen LogP contribution in [0.25, 0.3) is 0 Å². The highest BCUT2D eigenvalue weighted by molar-refractivity contribution is 7.07. The molecule has 5 heteroatoms. The molecule has 1 amide bonds. The molecule has 0 aliphatic carbocycles. The molecule has 94 valence electrons. The number of H-pyrrole nitrogens is 1. The molecule has 0 radical (unpaired) electrons. The molecule has 3 rings (SSSR count). The maximum Gasteiger partial charge on any atom is 0.270 e. The second kappa shape index (κ2) is 4.78. The SMILES string of the molecule is O=C(c1cc(Cl)c[nH]1)N1CCC[C@@H]1c1ccsc1. The van der Waals surface area contributed by atoms with Gasteiger partial charge in [0.1, 0.15) is 5.69 Å². The lowest BCUT2D eigenvalue weighted by Crippen LogP contribution is -2.30. The Morgan fingerprint density at radius 2 is 2.44 bits per heavy atom. The lowest BCUT2D eigenvalue weighted by Gasteiger charge is -2.23. The average molecular weight is 281 g/mol. The third-order valence-corrected chi connectivity index (χ3v) is 4.24. The quantitative estimate of drug-likeness (QED) is 0.894. The van der Waals surface area contributed by atoms with E-state index in [9.17, 15) is 4.79 Å². The number of likely N-dealkylation sites (tertiary alicyclic amines) is 1. The fraction of sp³-hybridized carbons (Fsp3) is 0.308. The Kier molecular flexibility index (Phi) is 3.14. The first kappa shape index (κ1) is 11.8. The average Bonchev–Trinajstić information content (AvgIpc) is 3.08. The topological polar surface area (TPSA) is 36.1 Å². The first-order valence-corrected chi connectivity index (χ1v) is 7.25. The van der Waals surface area contributed by atoms with Gasteiger partial charge in [-0.15, -0.1) is 0 Å². The Morgan fingerprint density at radius 1 is 1.56 bits per heavy atom. The van der Waals surface area contributed by atoms with Gasteiger partial charge < -0.3 is 9.88 Å². The van der Waals surface area contributed by atoms with Crippen LogP contribution in [-0.2, 0) is 0 Å². The second-order valence-electron chi connectivity index (χ2n) is 4.44. The van der Waals surface area contributed by atoms with Crippen molar-refractivity contribution in [3.63, 3.8) is 0 Å². The number of aromatic nitrogens is 1. The number of carbonyl (C=O) groups is 1. The number of hydrogen-bond acceptors (Lipinski definition) is 2. The second-order valence-corrected chi connectivity index (χ2v) is 5.66. The molecule has 2 aromatic heterocycles. The molecule has 0 unspecified atom stereocenters. The highest BCUT2D eigenvalue weighted by atomic mass is 35.5. The van der Waals surface area contributed by atoms with Crippen LogP contribution in [0.1, 0.15) is 34.9 Å². The third-order valence-electron chi connectivity index (χ3n) is 3.32. The van der Waals surface area contributed by atoms with Crippen molar-refractivity contribution in [2.75, 3.05) is 6.54 Å². The first-order valence-electron chi connectivity index (χ1n) is 5.92. The largest absolute Gasteiger partial charge is 0.356 e. The number of halogens is 1. The minimum atomic E-state index is 0.0376. The molecule has 2 aromatic rings. The maximum atomic E-state index is 12.4. The summed E-state index contributed by atoms with van der Waals surface area (Å²) < 4.78 is 0. The summed E-state index contributed by atoms with van der Waals surface area (Å²) in [6, 6.07) is 4.00. The van der Waals surface area contributed by atoms with E-state index in [0.717, 1.165) is 19.4 Å². The predicted molar refractivity (Wildman–Crippen MR) is 73.1 cm³/mol. The monoisotopic (exact) mass is 280 g/mol. The molecule has 1 fully saturated rings. The van der Waals surface area contributed by atoms with Crippen molar-refractivity contribution in [2.24, 2.45) is 0 Å². The molecule has 0 bridgehead atoms. The molecular weight excluding hydrogens is 268 g/mol. The molecule has 1 aliphatic heterocycles. The van der Waals surface area contributed by atoms with Crippen molar-refractivity contribution in [3.8, 4) is 0 Å². The zero-order chi connectivity index (χ0) is 12.5. The van der Waals surface area contributed by atoms with E-state index in [1.807, 2.05) is 4.90 Å². The Morgan fingerprint density at radius 3 is 3.11 bits per heavy atom. The van der Waals surface area contributed by atoms with Crippen molar-refractivity contribution in [1.82, 2.24) is 9.88 Å². The van der Waals surface area contributed by atoms with E-state index in [-0.39, 0.29) is 11.9 Å². The lowest BCUT2D eigenvalue weighted by molar-refractivity contribution is 0.0730. The number of nitrogens with zero attached hydrogens (tertiary/aromatic N) is 1. The van der Waals surface area contributed by atoms with Gasteiger partial charge in [0.2, 0.25) is 0 Å². The summed E-state index contributed by atoms with van der Waals surface area (Å²) in [7, 11) is 0. The van der Waals surface area contributed by atoms with E-state index >= 15 is 0 Å². The summed E-state index contributed by atoms with van der Waals surface area (Å²) in [5.74, 6) is 0.0376. The van der Waals surface area contributed by atoms with Gasteiger partial charge in [0.05, 0.1) is 11.1 Å². The van der Waals surface area contributed by atoms with Gasteiger partial charge in [-0.25, -0.2) is 0 Å². The van der Waals surface area contributed by atoms with Gasteiger partial charge in [0, 0.05) is 12.7 Å². The van der Waals surface area contributed by atoms with Crippen LogP contribution in [0.2, 0.25) is 5.02 Å². The maximum absolute atomic E-state index is 12.4. The Hall–Kier alpha value is -1.26. The number of amides is 1. The molecule has 1 aliphatic rings. The van der Waals surface area contributed by atoms with E-state index in [4.69, 9.17) is 11.6 Å². The van der Waals surface area contributed by atoms with E-state index in [1.165, 1.54) is 5.56 Å². The van der Waals surface area contributed by atoms with Crippen LogP contribution in [0.5, 0.6) is 0 Å². The summed E-state index contributed by atoms with van der Waals surface area (Å²) in [6.07, 6.45) is 3.74. The fourth-order valence-corrected chi connectivity index (χ4v) is 3.34. The summed E-state index contributed by atoms with van der Waals surface area (Å²) in [6.45, 7) is 0.815. The molecule has 0 spiro atoms. The van der Waals surface area contributed by atoms with E-state index < -0.39 is 0 Å². The number of rotatable bonds is 2. The summed E-state index contributed by atoms with van der Waals surface area (Å²) in [4.78, 5) is 17.3. The molecule has 1 N–H and O–H groups in total. The van der Waals surface area contributed by atoms with E-state index in [0.29, 0.717) is 10.7 Å². The van der Waals surface area contributed by atoms with Crippen LogP contribution in [0.15, 0.2) is 29.1 Å². The third kappa shape index (κ3) is 2.06. The Bertz CT molecular complexity index is 549. The summed E-state index contributed by atoms with van der Waals surface area (Å²) in [5.41, 5.74) is 1.81. The number of nitrogens with one attached hydrogen (secondary N) is 1. The molecule has 1 saturated heterocycles. The van der Waals surface area contributed by atoms with Crippen molar-refractivity contribution in [2.45, 2.75) is 18.9 Å². The van der Waals surface area contributed by atoms with Gasteiger partial charge in [0.15, 0.2) is 0 Å². The zero-order valence-corrected chi connectivity index (χ0v) is 11.3. The predicted octanol–water partition coefficient (Wildman–Crippen LogP) is 3.71. The van der Waals surface area contributed by atoms with Gasteiger partial charge in [-0.2, -0.15) is 11.3 Å². The lowest BCUT2D eigenvalue weighted by atomic mass is 10.1. The molecule has 0 saturated carbocycles. The van der Waals surface area contributed by atoms with Gasteiger partial charge in [-0.05, 0) is 41.3 Å². The number of hydrogen-bond donors (Lipinski definition) is 1. The van der Waals surface area contributed by atoms with Crippen LogP contribution < -0.4 is 0 Å². The number of aromatic amines is 1. The Labute approximate surface area is 114 Å². The van der Waals surface area contributed by atoms with Gasteiger partial charge in [-0.1, -0.05) is 11.6 Å². The molecule has 0 aromatic carbocycles. The van der Waals surface area contributed by atoms with Crippen LogP contribution in [0, 0.1) is 0 Å². The molecule has 1 atom stereocenters. The van der Waals surface area contributed by atoms with Crippen LogP contribution in [-0.4, -0.2) is 22.3 Å². The highest BCUT2D eigenvalue weighted by Crippen LogP contribution is 2.34. The van der Waals surface area contributed by atoms with Gasteiger partial charge in [-0.3, -0.25) is 4.79 Å². The minimum Gasteiger partial charge on any atom is -0.356 e. The standard InChI is InChI=1S/C13H13ClN2OS/c14-10-6-11(15-7-10)13(17)16-4-1-2-12(16)9-3-5-18-8-9/h3,5-8,12,15H,1-2,4H2/t12-/m1/s1. The van der Waals surface area contributed by atoms with Crippen molar-refractivity contribution in [3.05, 3.63) is 45.4 Å².